The zero-order valence-electron chi connectivity index (χ0n) is 21.4. The third kappa shape index (κ3) is 7.53. The summed E-state index contributed by atoms with van der Waals surface area (Å²) in [6, 6.07) is 3.42. The van der Waals surface area contributed by atoms with Crippen LogP contribution in [-0.4, -0.2) is 41.9 Å². The summed E-state index contributed by atoms with van der Waals surface area (Å²) in [5, 5.41) is 2.51. The van der Waals surface area contributed by atoms with Crippen molar-refractivity contribution < 1.29 is 28.6 Å². The molecule has 9 nitrogen and oxygen atoms in total. The number of rotatable bonds is 8. The summed E-state index contributed by atoms with van der Waals surface area (Å²) >= 11 is 0. The van der Waals surface area contributed by atoms with Crippen molar-refractivity contribution in [2.45, 2.75) is 66.2 Å². The molecule has 190 valence electrons. The number of ether oxygens (including phenoxy) is 3. The minimum atomic E-state index is -1.14. The third-order valence-corrected chi connectivity index (χ3v) is 5.35. The first-order valence-electron chi connectivity index (χ1n) is 11.4. The summed E-state index contributed by atoms with van der Waals surface area (Å²) in [6.45, 7) is 11.1. The first-order chi connectivity index (χ1) is 16.3. The summed E-state index contributed by atoms with van der Waals surface area (Å²) in [4.78, 5) is 40.4. The Kier molecular flexibility index (Phi) is 9.01. The fraction of sp³-hybridized carbons (Fsp3) is 0.500. The lowest BCUT2D eigenvalue weighted by Crippen LogP contribution is -2.50. The van der Waals surface area contributed by atoms with Gasteiger partial charge in [0.05, 0.1) is 12.7 Å². The van der Waals surface area contributed by atoms with E-state index in [0.717, 1.165) is 11.1 Å². The van der Waals surface area contributed by atoms with Gasteiger partial charge in [0.2, 0.25) is 0 Å². The summed E-state index contributed by atoms with van der Waals surface area (Å²) in [5.74, 6) is 2.17. The lowest BCUT2D eigenvalue weighted by atomic mass is 9.80. The van der Waals surface area contributed by atoms with Crippen LogP contribution in [0.15, 0.2) is 41.8 Å². The number of hydrogen-bond donors (Lipinski definition) is 2. The highest BCUT2D eigenvalue weighted by molar-refractivity contribution is 5.85. The number of nitrogens with one attached hydrogen (secondary N) is 1. The number of methoxy groups -OCH3 is 1. The van der Waals surface area contributed by atoms with Crippen molar-refractivity contribution >= 4 is 29.4 Å². The Balaban J connectivity index is 2.31. The average Bonchev–Trinajstić information content (AvgIpc) is 2.77. The van der Waals surface area contributed by atoms with E-state index in [1.54, 1.807) is 52.0 Å². The zero-order valence-corrected chi connectivity index (χ0v) is 21.4. The number of pyridine rings is 1. The van der Waals surface area contributed by atoms with Crippen LogP contribution in [0.5, 0.6) is 0 Å². The summed E-state index contributed by atoms with van der Waals surface area (Å²) in [5.41, 5.74) is 6.38. The van der Waals surface area contributed by atoms with Gasteiger partial charge in [0.15, 0.2) is 6.23 Å². The molecule has 1 aliphatic carbocycles. The number of carbonyl (C=O) groups excluding carboxylic acids is 3. The Morgan fingerprint density at radius 3 is 2.49 bits per heavy atom. The lowest BCUT2D eigenvalue weighted by Gasteiger charge is -2.37. The Morgan fingerprint density at radius 2 is 1.91 bits per heavy atom. The molecule has 0 aliphatic heterocycles. The highest BCUT2D eigenvalue weighted by atomic mass is 16.6. The Labute approximate surface area is 206 Å². The van der Waals surface area contributed by atoms with Crippen LogP contribution in [0.4, 0.5) is 10.6 Å². The molecule has 0 fully saturated rings. The van der Waals surface area contributed by atoms with Gasteiger partial charge in [-0.2, -0.15) is 0 Å². The molecule has 0 spiro atoms. The molecule has 0 bridgehead atoms. The van der Waals surface area contributed by atoms with Crippen molar-refractivity contribution in [1.82, 2.24) is 4.98 Å². The predicted molar refractivity (Wildman–Crippen MR) is 133 cm³/mol. The molecule has 0 saturated carbocycles. The fourth-order valence-electron chi connectivity index (χ4n) is 3.69. The summed E-state index contributed by atoms with van der Waals surface area (Å²) in [6.07, 6.45) is 3.91. The van der Waals surface area contributed by atoms with Crippen LogP contribution in [0.2, 0.25) is 0 Å². The first kappa shape index (κ1) is 27.8. The van der Waals surface area contributed by atoms with Gasteiger partial charge in [-0.05, 0) is 69.4 Å². The van der Waals surface area contributed by atoms with E-state index < -0.39 is 29.3 Å². The molecule has 3 N–H and O–H groups in total. The maximum Gasteiger partial charge on any atom is 0.412 e. The maximum atomic E-state index is 13.1. The monoisotopic (exact) mass is 485 g/mol. The van der Waals surface area contributed by atoms with Gasteiger partial charge in [0, 0.05) is 12.6 Å². The molecule has 2 atom stereocenters. The van der Waals surface area contributed by atoms with Gasteiger partial charge in [-0.15, -0.1) is 0 Å². The molecule has 1 aromatic heterocycles. The van der Waals surface area contributed by atoms with Gasteiger partial charge in [0.25, 0.3) is 0 Å². The van der Waals surface area contributed by atoms with E-state index in [4.69, 9.17) is 15.2 Å². The minimum Gasteiger partial charge on any atom is -0.473 e. The van der Waals surface area contributed by atoms with Crippen LogP contribution >= 0.6 is 0 Å². The van der Waals surface area contributed by atoms with Crippen molar-refractivity contribution in [2.75, 3.05) is 12.4 Å². The van der Waals surface area contributed by atoms with Crippen LogP contribution in [0.3, 0.4) is 0 Å². The number of amides is 1. The standard InChI is InChI=1S/C26H35N3O6/c1-16(2)14-26(6,23(31)35-25(3,4)5)22(27)34-20-9-8-17(12-19(20)15-30)18-10-11-28-21(13-18)29-24(32)33-7/h8-11,13,16,22H,12,14,27H2,1-7H3,(H,28,29,32). The Hall–Kier alpha value is -3.42. The van der Waals surface area contributed by atoms with E-state index in [9.17, 15) is 14.4 Å². The van der Waals surface area contributed by atoms with E-state index in [0.29, 0.717) is 12.2 Å². The SMILES string of the molecule is COC(=O)Nc1cc(C2=CC=C(OC(N)C(C)(CC(C)C)C(=O)OC(C)(C)C)C(=C=O)C2)ccn1. The van der Waals surface area contributed by atoms with Crippen molar-refractivity contribution in [1.29, 1.82) is 0 Å². The lowest BCUT2D eigenvalue weighted by molar-refractivity contribution is -0.176. The third-order valence-electron chi connectivity index (χ3n) is 5.35. The molecule has 2 rings (SSSR count). The van der Waals surface area contributed by atoms with E-state index in [2.05, 4.69) is 15.0 Å². The molecule has 0 radical (unpaired) electrons. The molecule has 1 heterocycles. The quantitative estimate of drug-likeness (QED) is 0.315. The second-order valence-corrected chi connectivity index (χ2v) is 10.1. The molecule has 2 unspecified atom stereocenters. The van der Waals surface area contributed by atoms with E-state index >= 15 is 0 Å². The van der Waals surface area contributed by atoms with E-state index in [1.165, 1.54) is 13.3 Å². The Bertz CT molecular complexity index is 1060. The molecule has 1 aliphatic rings. The number of carbonyl (C=O) groups is 2. The average molecular weight is 486 g/mol. The van der Waals surface area contributed by atoms with Crippen LogP contribution < -0.4 is 11.1 Å². The first-order valence-corrected chi connectivity index (χ1v) is 11.4. The van der Waals surface area contributed by atoms with Gasteiger partial charge in [-0.3, -0.25) is 15.8 Å². The van der Waals surface area contributed by atoms with Gasteiger partial charge < -0.3 is 14.2 Å². The van der Waals surface area contributed by atoms with Crippen LogP contribution in [0.25, 0.3) is 5.57 Å². The van der Waals surface area contributed by atoms with E-state index in [-0.39, 0.29) is 23.7 Å². The van der Waals surface area contributed by atoms with E-state index in [1.807, 2.05) is 19.8 Å². The van der Waals surface area contributed by atoms with Crippen molar-refractivity contribution in [3.05, 3.63) is 47.4 Å². The molecular weight excluding hydrogens is 450 g/mol. The molecule has 1 amide bonds. The summed E-state index contributed by atoms with van der Waals surface area (Å²) in [7, 11) is 1.26. The molecular formula is C26H35N3O6. The maximum absolute atomic E-state index is 13.1. The normalized spacial score (nSPS) is 16.3. The molecule has 35 heavy (non-hydrogen) atoms. The molecule has 9 heteroatoms. The van der Waals surface area contributed by atoms with Crippen LogP contribution in [0.1, 0.15) is 59.9 Å². The number of nitrogens with zero attached hydrogens (tertiary/aromatic N) is 1. The number of anilines is 1. The fourth-order valence-corrected chi connectivity index (χ4v) is 3.69. The number of nitrogens with two attached hydrogens (primary N) is 1. The highest BCUT2D eigenvalue weighted by Crippen LogP contribution is 2.37. The molecule has 0 aromatic carbocycles. The highest BCUT2D eigenvalue weighted by Gasteiger charge is 2.45. The van der Waals surface area contributed by atoms with Gasteiger partial charge >= 0.3 is 12.1 Å². The number of hydrogen-bond acceptors (Lipinski definition) is 8. The van der Waals surface area contributed by atoms with Gasteiger partial charge in [-0.1, -0.05) is 19.9 Å². The van der Waals surface area contributed by atoms with Crippen LogP contribution in [0, 0.1) is 11.3 Å². The molecule has 1 aromatic rings. The van der Waals surface area contributed by atoms with Crippen LogP contribution in [-0.2, 0) is 23.8 Å². The smallest absolute Gasteiger partial charge is 0.412 e. The predicted octanol–water partition coefficient (Wildman–Crippen LogP) is 4.38. The Morgan fingerprint density at radius 1 is 1.23 bits per heavy atom. The molecule has 0 saturated heterocycles. The van der Waals surface area contributed by atoms with Gasteiger partial charge in [0.1, 0.15) is 28.5 Å². The zero-order chi connectivity index (χ0) is 26.4. The number of allylic oxidation sites excluding steroid dienone is 4. The topological polar surface area (TPSA) is 130 Å². The van der Waals surface area contributed by atoms with Crippen molar-refractivity contribution in [2.24, 2.45) is 17.1 Å². The second-order valence-electron chi connectivity index (χ2n) is 10.1. The number of esters is 1. The van der Waals surface area contributed by atoms with Crippen molar-refractivity contribution in [3.8, 4) is 0 Å². The largest absolute Gasteiger partial charge is 0.473 e. The summed E-state index contributed by atoms with van der Waals surface area (Å²) < 4.78 is 16.2. The van der Waals surface area contributed by atoms with Crippen molar-refractivity contribution in [3.63, 3.8) is 0 Å². The minimum absolute atomic E-state index is 0.148. The van der Waals surface area contributed by atoms with Gasteiger partial charge in [-0.25, -0.2) is 14.6 Å². The second kappa shape index (κ2) is 11.3. The number of aromatic nitrogens is 1.